The molecule has 3 heteroatoms. The van der Waals surface area contributed by atoms with E-state index in [2.05, 4.69) is 23.2 Å². The minimum absolute atomic E-state index is 0.729. The van der Waals surface area contributed by atoms with Crippen LogP contribution in [0.25, 0.3) is 0 Å². The molecule has 2 aliphatic heterocycles. The number of hydrogen-bond donors (Lipinski definition) is 1. The largest absolute Gasteiger partial charge is 0.383 e. The number of benzene rings is 1. The van der Waals surface area contributed by atoms with Crippen LogP contribution in [0.5, 0.6) is 0 Å². The third-order valence-corrected chi connectivity index (χ3v) is 4.34. The Bertz CT molecular complexity index is 488. The van der Waals surface area contributed by atoms with E-state index < -0.39 is 0 Å². The zero-order chi connectivity index (χ0) is 11.0. The number of fused-ring (bicyclic) bond motifs is 1. The highest BCUT2D eigenvalue weighted by Crippen LogP contribution is 2.37. The second kappa shape index (κ2) is 3.98. The normalized spacial score (nSPS) is 19.6. The first kappa shape index (κ1) is 9.97. The second-order valence-corrected chi connectivity index (χ2v) is 5.32. The van der Waals surface area contributed by atoms with E-state index in [4.69, 9.17) is 5.73 Å². The van der Waals surface area contributed by atoms with E-state index in [1.165, 1.54) is 16.0 Å². The molecule has 2 nitrogen and oxygen atoms in total. The summed E-state index contributed by atoms with van der Waals surface area (Å²) in [5, 5.41) is 0. The first-order chi connectivity index (χ1) is 7.84. The lowest BCUT2D eigenvalue weighted by Crippen LogP contribution is -2.15. The lowest BCUT2D eigenvalue weighted by atomic mass is 10.0. The summed E-state index contributed by atoms with van der Waals surface area (Å²) < 4.78 is 0. The highest BCUT2D eigenvalue weighted by atomic mass is 32.2. The molecule has 1 aromatic rings. The molecule has 0 fully saturated rings. The average molecular weight is 230 g/mol. The molecular formula is C13H14N2S. The third-order valence-electron chi connectivity index (χ3n) is 3.13. The minimum atomic E-state index is 0.729. The molecule has 0 atom stereocenters. The summed E-state index contributed by atoms with van der Waals surface area (Å²) in [7, 11) is 0. The van der Waals surface area contributed by atoms with Gasteiger partial charge in [0.15, 0.2) is 0 Å². The lowest BCUT2D eigenvalue weighted by Gasteiger charge is -2.13. The van der Waals surface area contributed by atoms with Gasteiger partial charge >= 0.3 is 0 Å². The molecule has 0 saturated heterocycles. The van der Waals surface area contributed by atoms with Crippen LogP contribution in [0.2, 0.25) is 0 Å². The molecule has 2 heterocycles. The van der Waals surface area contributed by atoms with Gasteiger partial charge in [0.2, 0.25) is 0 Å². The highest BCUT2D eigenvalue weighted by Gasteiger charge is 2.20. The number of allylic oxidation sites excluding steroid dienone is 1. The second-order valence-electron chi connectivity index (χ2n) is 4.13. The maximum Gasteiger partial charge on any atom is 0.128 e. The van der Waals surface area contributed by atoms with Crippen molar-refractivity contribution in [2.45, 2.75) is 19.3 Å². The molecule has 1 aromatic carbocycles. The zero-order valence-electron chi connectivity index (χ0n) is 9.07. The van der Waals surface area contributed by atoms with E-state index in [1.807, 2.05) is 17.8 Å². The number of thioether (sulfide) groups is 1. The maximum atomic E-state index is 6.08. The molecule has 0 aromatic heterocycles. The summed E-state index contributed by atoms with van der Waals surface area (Å²) in [5.74, 6) is 1.89. The molecule has 0 unspecified atom stereocenters. The summed E-state index contributed by atoms with van der Waals surface area (Å²) in [6.45, 7) is 0. The Morgan fingerprint density at radius 3 is 2.94 bits per heavy atom. The summed E-state index contributed by atoms with van der Waals surface area (Å²) in [6, 6.07) is 8.30. The topological polar surface area (TPSA) is 38.4 Å². The molecule has 16 heavy (non-hydrogen) atoms. The van der Waals surface area contributed by atoms with Crippen molar-refractivity contribution in [2.24, 2.45) is 10.7 Å². The van der Waals surface area contributed by atoms with Crippen molar-refractivity contribution in [1.82, 2.24) is 0 Å². The Morgan fingerprint density at radius 2 is 2.00 bits per heavy atom. The highest BCUT2D eigenvalue weighted by molar-refractivity contribution is 8.03. The van der Waals surface area contributed by atoms with Crippen LogP contribution in [0.1, 0.15) is 18.4 Å². The van der Waals surface area contributed by atoms with E-state index in [-0.39, 0.29) is 0 Å². The third kappa shape index (κ3) is 1.65. The Labute approximate surface area is 99.6 Å². The van der Waals surface area contributed by atoms with Gasteiger partial charge in [-0.05, 0) is 35.8 Å². The quantitative estimate of drug-likeness (QED) is 0.744. The number of aliphatic imine (C=N–C) groups is 1. The molecular weight excluding hydrogens is 216 g/mol. The number of aryl methyl sites for hydroxylation is 1. The monoisotopic (exact) mass is 230 g/mol. The Kier molecular flexibility index (Phi) is 2.48. The molecule has 2 aliphatic rings. The van der Waals surface area contributed by atoms with Crippen molar-refractivity contribution in [1.29, 1.82) is 0 Å². The minimum Gasteiger partial charge on any atom is -0.383 e. The smallest absolute Gasteiger partial charge is 0.128 e. The number of amidine groups is 1. The van der Waals surface area contributed by atoms with Gasteiger partial charge in [0, 0.05) is 11.3 Å². The van der Waals surface area contributed by atoms with E-state index in [0.29, 0.717) is 0 Å². The number of hydrogen-bond acceptors (Lipinski definition) is 3. The van der Waals surface area contributed by atoms with Gasteiger partial charge in [0.1, 0.15) is 5.84 Å². The molecule has 0 saturated carbocycles. The SMILES string of the molecule is NC1=Nc2ccccc2CCC2=C1CCS2. The first-order valence-corrected chi connectivity index (χ1v) is 6.60. The van der Waals surface area contributed by atoms with Crippen LogP contribution in [0.4, 0.5) is 5.69 Å². The van der Waals surface area contributed by atoms with Crippen molar-refractivity contribution in [3.63, 3.8) is 0 Å². The molecule has 0 radical (unpaired) electrons. The lowest BCUT2D eigenvalue weighted by molar-refractivity contribution is 0.971. The predicted molar refractivity (Wildman–Crippen MR) is 70.1 cm³/mol. The molecule has 0 spiro atoms. The molecule has 3 rings (SSSR count). The van der Waals surface area contributed by atoms with Crippen LogP contribution in [-0.2, 0) is 6.42 Å². The molecule has 82 valence electrons. The number of rotatable bonds is 0. The van der Waals surface area contributed by atoms with E-state index in [1.54, 1.807) is 0 Å². The van der Waals surface area contributed by atoms with Gasteiger partial charge < -0.3 is 5.73 Å². The van der Waals surface area contributed by atoms with Crippen molar-refractivity contribution < 1.29 is 0 Å². The van der Waals surface area contributed by atoms with Crippen LogP contribution in [0.3, 0.4) is 0 Å². The first-order valence-electron chi connectivity index (χ1n) is 5.62. The Balaban J connectivity index is 2.09. The van der Waals surface area contributed by atoms with Crippen LogP contribution in [0, 0.1) is 0 Å². The van der Waals surface area contributed by atoms with E-state index >= 15 is 0 Å². The average Bonchev–Trinajstić information content (AvgIpc) is 2.74. The van der Waals surface area contributed by atoms with Gasteiger partial charge in [-0.15, -0.1) is 11.8 Å². The summed E-state index contributed by atoms with van der Waals surface area (Å²) >= 11 is 1.95. The van der Waals surface area contributed by atoms with Crippen LogP contribution >= 0.6 is 11.8 Å². The van der Waals surface area contributed by atoms with Crippen LogP contribution < -0.4 is 5.73 Å². The van der Waals surface area contributed by atoms with Gasteiger partial charge in [-0.3, -0.25) is 0 Å². The van der Waals surface area contributed by atoms with Gasteiger partial charge in [0.05, 0.1) is 5.69 Å². The molecule has 0 bridgehead atoms. The van der Waals surface area contributed by atoms with E-state index in [0.717, 1.165) is 36.5 Å². The maximum absolute atomic E-state index is 6.08. The van der Waals surface area contributed by atoms with Crippen molar-refractivity contribution >= 4 is 23.3 Å². The van der Waals surface area contributed by atoms with Gasteiger partial charge in [-0.1, -0.05) is 18.2 Å². The zero-order valence-corrected chi connectivity index (χ0v) is 9.89. The number of para-hydroxylation sites is 1. The standard InChI is InChI=1S/C13H14N2S/c14-13-10-7-8-16-12(10)6-5-9-3-1-2-4-11(9)15-13/h1-4H,5-8H2,(H2,14,15). The van der Waals surface area contributed by atoms with Crippen molar-refractivity contribution in [3.05, 3.63) is 40.3 Å². The fraction of sp³-hybridized carbons (Fsp3) is 0.308. The fourth-order valence-corrected chi connectivity index (χ4v) is 3.45. The Hall–Kier alpha value is -1.22. The molecule has 0 amide bonds. The van der Waals surface area contributed by atoms with Gasteiger partial charge in [0.25, 0.3) is 0 Å². The van der Waals surface area contributed by atoms with Crippen LogP contribution in [0.15, 0.2) is 39.7 Å². The molecule has 0 aliphatic carbocycles. The number of nitrogens with zero attached hydrogens (tertiary/aromatic N) is 1. The fourth-order valence-electron chi connectivity index (χ4n) is 2.27. The summed E-state index contributed by atoms with van der Waals surface area (Å²) in [5.41, 5.74) is 9.73. The summed E-state index contributed by atoms with van der Waals surface area (Å²) in [4.78, 5) is 6.02. The van der Waals surface area contributed by atoms with E-state index in [9.17, 15) is 0 Å². The van der Waals surface area contributed by atoms with Crippen LogP contribution in [-0.4, -0.2) is 11.6 Å². The van der Waals surface area contributed by atoms with Gasteiger partial charge in [-0.2, -0.15) is 0 Å². The molecule has 2 N–H and O–H groups in total. The predicted octanol–water partition coefficient (Wildman–Crippen LogP) is 3.01. The van der Waals surface area contributed by atoms with Gasteiger partial charge in [-0.25, -0.2) is 4.99 Å². The van der Waals surface area contributed by atoms with Crippen molar-refractivity contribution in [3.8, 4) is 0 Å². The van der Waals surface area contributed by atoms with Crippen molar-refractivity contribution in [2.75, 3.05) is 5.75 Å². The number of nitrogens with two attached hydrogens (primary N) is 1. The summed E-state index contributed by atoms with van der Waals surface area (Å²) in [6.07, 6.45) is 3.28. The Morgan fingerprint density at radius 1 is 1.12 bits per heavy atom.